The molecule has 0 radical (unpaired) electrons. The number of nitrogens with two attached hydrogens (primary N) is 1. The van der Waals surface area contributed by atoms with Gasteiger partial charge in [-0.1, -0.05) is 35.8 Å². The zero-order valence-electron chi connectivity index (χ0n) is 10.5. The first-order valence-electron chi connectivity index (χ1n) is 6.13. The van der Waals surface area contributed by atoms with Gasteiger partial charge in [0.05, 0.1) is 16.1 Å². The minimum absolute atomic E-state index is 0.00611. The molecule has 0 bridgehead atoms. The van der Waals surface area contributed by atoms with Crippen LogP contribution in [-0.2, 0) is 0 Å². The van der Waals surface area contributed by atoms with Gasteiger partial charge in [0.1, 0.15) is 0 Å². The van der Waals surface area contributed by atoms with Gasteiger partial charge in [-0.25, -0.2) is 0 Å². The van der Waals surface area contributed by atoms with Gasteiger partial charge >= 0.3 is 0 Å². The fourth-order valence-electron chi connectivity index (χ4n) is 2.20. The van der Waals surface area contributed by atoms with Crippen LogP contribution in [0.1, 0.15) is 18.5 Å². The molecule has 1 atom stereocenters. The molecule has 4 heteroatoms. The molecule has 0 saturated heterocycles. The SMILES string of the molecule is CC(c1cccc(N)c1)n1sc2ccccc2c1=O. The molecule has 0 amide bonds. The molecular weight excluding hydrogens is 256 g/mol. The van der Waals surface area contributed by atoms with E-state index in [9.17, 15) is 4.79 Å². The molecule has 19 heavy (non-hydrogen) atoms. The summed E-state index contributed by atoms with van der Waals surface area (Å²) in [6, 6.07) is 15.4. The van der Waals surface area contributed by atoms with Gasteiger partial charge in [0, 0.05) is 5.69 Å². The Hall–Kier alpha value is -2.07. The third-order valence-electron chi connectivity index (χ3n) is 3.26. The van der Waals surface area contributed by atoms with Gasteiger partial charge in [0.15, 0.2) is 0 Å². The maximum atomic E-state index is 12.4. The van der Waals surface area contributed by atoms with E-state index in [-0.39, 0.29) is 11.6 Å². The highest BCUT2D eigenvalue weighted by atomic mass is 32.1. The highest BCUT2D eigenvalue weighted by Gasteiger charge is 2.14. The summed E-state index contributed by atoms with van der Waals surface area (Å²) in [7, 11) is 0. The standard InChI is InChI=1S/C15H14N2OS/c1-10(11-5-4-6-12(16)9-11)17-15(18)13-7-2-3-8-14(13)19-17/h2-10H,16H2,1H3. The molecule has 0 saturated carbocycles. The predicted octanol–water partition coefficient (Wildman–Crippen LogP) is 3.25. The predicted molar refractivity (Wildman–Crippen MR) is 80.8 cm³/mol. The van der Waals surface area contributed by atoms with Crippen LogP contribution < -0.4 is 11.3 Å². The lowest BCUT2D eigenvalue weighted by atomic mass is 10.1. The van der Waals surface area contributed by atoms with Crippen LogP contribution >= 0.6 is 11.5 Å². The highest BCUT2D eigenvalue weighted by Crippen LogP contribution is 2.24. The summed E-state index contributed by atoms with van der Waals surface area (Å²) >= 11 is 1.50. The van der Waals surface area contributed by atoms with E-state index in [4.69, 9.17) is 5.73 Å². The number of rotatable bonds is 2. The number of benzene rings is 2. The van der Waals surface area contributed by atoms with Crippen LogP contribution in [-0.4, -0.2) is 3.96 Å². The average molecular weight is 270 g/mol. The molecule has 2 N–H and O–H groups in total. The Balaban J connectivity index is 2.14. The van der Waals surface area contributed by atoms with Crippen molar-refractivity contribution in [1.29, 1.82) is 0 Å². The van der Waals surface area contributed by atoms with Crippen molar-refractivity contribution in [2.24, 2.45) is 0 Å². The number of fused-ring (bicyclic) bond motifs is 1. The molecule has 3 rings (SSSR count). The van der Waals surface area contributed by atoms with E-state index >= 15 is 0 Å². The Bertz CT molecular complexity index is 788. The van der Waals surface area contributed by atoms with Crippen molar-refractivity contribution in [2.75, 3.05) is 5.73 Å². The minimum Gasteiger partial charge on any atom is -0.399 e. The fourth-order valence-corrected chi connectivity index (χ4v) is 3.26. The maximum absolute atomic E-state index is 12.4. The van der Waals surface area contributed by atoms with Gasteiger partial charge in [-0.3, -0.25) is 8.75 Å². The summed E-state index contributed by atoms with van der Waals surface area (Å²) in [5, 5.41) is 0.781. The third kappa shape index (κ3) is 2.04. The lowest BCUT2D eigenvalue weighted by Crippen LogP contribution is -2.17. The molecule has 0 aliphatic heterocycles. The largest absolute Gasteiger partial charge is 0.399 e. The summed E-state index contributed by atoms with van der Waals surface area (Å²) < 4.78 is 2.82. The van der Waals surface area contributed by atoms with E-state index in [2.05, 4.69) is 0 Å². The second-order valence-corrected chi connectivity index (χ2v) is 5.58. The summed E-state index contributed by atoms with van der Waals surface area (Å²) in [6.07, 6.45) is 0. The van der Waals surface area contributed by atoms with Gasteiger partial charge < -0.3 is 5.73 Å². The van der Waals surface area contributed by atoms with E-state index < -0.39 is 0 Å². The van der Waals surface area contributed by atoms with Crippen LogP contribution in [0.3, 0.4) is 0 Å². The van der Waals surface area contributed by atoms with Crippen molar-refractivity contribution < 1.29 is 0 Å². The molecule has 0 aliphatic rings. The minimum atomic E-state index is -0.00611. The van der Waals surface area contributed by atoms with Crippen molar-refractivity contribution in [3.63, 3.8) is 0 Å². The Morgan fingerprint density at radius 3 is 2.68 bits per heavy atom. The molecule has 0 spiro atoms. The van der Waals surface area contributed by atoms with Crippen LogP contribution in [0.25, 0.3) is 10.1 Å². The Morgan fingerprint density at radius 2 is 1.95 bits per heavy atom. The van der Waals surface area contributed by atoms with Crippen LogP contribution in [0.5, 0.6) is 0 Å². The Kier molecular flexibility index (Phi) is 2.87. The number of hydrogen-bond acceptors (Lipinski definition) is 3. The van der Waals surface area contributed by atoms with E-state index in [0.29, 0.717) is 0 Å². The van der Waals surface area contributed by atoms with Crippen molar-refractivity contribution in [1.82, 2.24) is 3.96 Å². The molecule has 2 aromatic carbocycles. The molecule has 3 aromatic rings. The second kappa shape index (κ2) is 4.55. The fraction of sp³-hybridized carbons (Fsp3) is 0.133. The maximum Gasteiger partial charge on any atom is 0.269 e. The van der Waals surface area contributed by atoms with Crippen molar-refractivity contribution in [3.05, 3.63) is 64.4 Å². The third-order valence-corrected chi connectivity index (χ3v) is 4.49. The van der Waals surface area contributed by atoms with Gasteiger partial charge in [0.25, 0.3) is 5.56 Å². The number of nitrogens with zero attached hydrogens (tertiary/aromatic N) is 1. The summed E-state index contributed by atoms with van der Waals surface area (Å²) in [5.74, 6) is 0. The average Bonchev–Trinajstić information content (AvgIpc) is 2.76. The van der Waals surface area contributed by atoms with Crippen LogP contribution in [0.15, 0.2) is 53.3 Å². The molecule has 1 unspecified atom stereocenters. The van der Waals surface area contributed by atoms with E-state index in [1.165, 1.54) is 11.5 Å². The van der Waals surface area contributed by atoms with Crippen molar-refractivity contribution in [3.8, 4) is 0 Å². The first kappa shape index (κ1) is 12.0. The van der Waals surface area contributed by atoms with Crippen molar-refractivity contribution >= 4 is 27.3 Å². The normalized spacial score (nSPS) is 12.7. The zero-order chi connectivity index (χ0) is 13.4. The molecule has 96 valence electrons. The van der Waals surface area contributed by atoms with Gasteiger partial charge in [-0.2, -0.15) is 0 Å². The summed E-state index contributed by atoms with van der Waals surface area (Å²) in [6.45, 7) is 2.02. The summed E-state index contributed by atoms with van der Waals surface area (Å²) in [4.78, 5) is 12.4. The molecule has 1 aromatic heterocycles. The number of nitrogen functional groups attached to an aromatic ring is 1. The Morgan fingerprint density at radius 1 is 1.16 bits per heavy atom. The number of anilines is 1. The highest BCUT2D eigenvalue weighted by molar-refractivity contribution is 7.13. The van der Waals surface area contributed by atoms with E-state index in [1.807, 2.05) is 55.5 Å². The van der Waals surface area contributed by atoms with Gasteiger partial charge in [0.2, 0.25) is 0 Å². The molecule has 1 heterocycles. The smallest absolute Gasteiger partial charge is 0.269 e. The molecule has 0 aliphatic carbocycles. The molecular formula is C15H14N2OS. The number of aromatic nitrogens is 1. The van der Waals surface area contributed by atoms with Crippen LogP contribution in [0.2, 0.25) is 0 Å². The summed E-state index contributed by atoms with van der Waals surface area (Å²) in [5.41, 5.74) is 7.64. The molecule has 0 fully saturated rings. The van der Waals surface area contributed by atoms with Gasteiger partial charge in [-0.05, 0) is 36.8 Å². The van der Waals surface area contributed by atoms with Crippen LogP contribution in [0.4, 0.5) is 5.69 Å². The van der Waals surface area contributed by atoms with Crippen molar-refractivity contribution in [2.45, 2.75) is 13.0 Å². The topological polar surface area (TPSA) is 48.0 Å². The molecule has 3 nitrogen and oxygen atoms in total. The van der Waals surface area contributed by atoms with Crippen LogP contribution in [0, 0.1) is 0 Å². The first-order valence-corrected chi connectivity index (χ1v) is 6.90. The van der Waals surface area contributed by atoms with E-state index in [1.54, 1.807) is 3.96 Å². The lowest BCUT2D eigenvalue weighted by molar-refractivity contribution is 0.678. The van der Waals surface area contributed by atoms with Gasteiger partial charge in [-0.15, -0.1) is 0 Å². The Labute approximate surface area is 115 Å². The van der Waals surface area contributed by atoms with E-state index in [0.717, 1.165) is 21.3 Å². The second-order valence-electron chi connectivity index (χ2n) is 4.56. The lowest BCUT2D eigenvalue weighted by Gasteiger charge is -2.12. The number of hydrogen-bond donors (Lipinski definition) is 1. The first-order chi connectivity index (χ1) is 9.16. The zero-order valence-corrected chi connectivity index (χ0v) is 11.4. The monoisotopic (exact) mass is 270 g/mol. The quantitative estimate of drug-likeness (QED) is 0.727.